The summed E-state index contributed by atoms with van der Waals surface area (Å²) in [4.78, 5) is 33.1. The summed E-state index contributed by atoms with van der Waals surface area (Å²) in [6.07, 6.45) is 7.30. The van der Waals surface area contributed by atoms with Gasteiger partial charge >= 0.3 is 0 Å². The highest BCUT2D eigenvalue weighted by Gasteiger charge is 2.44. The van der Waals surface area contributed by atoms with Gasteiger partial charge < -0.3 is 14.3 Å². The number of rotatable bonds is 3. The second kappa shape index (κ2) is 6.75. The Hall–Kier alpha value is -2.18. The molecule has 0 N–H and O–H groups in total. The zero-order valence-electron chi connectivity index (χ0n) is 14.3. The molecule has 7 heteroatoms. The van der Waals surface area contributed by atoms with Crippen molar-refractivity contribution < 1.29 is 14.1 Å². The molecule has 1 unspecified atom stereocenters. The number of hydrogen-bond donors (Lipinski definition) is 0. The smallest absolute Gasteiger partial charge is 0.230 e. The van der Waals surface area contributed by atoms with Crippen LogP contribution >= 0.6 is 0 Å². The number of allylic oxidation sites excluding steroid dienone is 1. The van der Waals surface area contributed by atoms with Crippen LogP contribution in [0, 0.1) is 12.3 Å². The van der Waals surface area contributed by atoms with Gasteiger partial charge in [-0.25, -0.2) is 0 Å². The van der Waals surface area contributed by atoms with E-state index in [1.807, 2.05) is 18.0 Å². The average Bonchev–Trinajstić information content (AvgIpc) is 2.96. The van der Waals surface area contributed by atoms with Gasteiger partial charge in [0.2, 0.25) is 17.7 Å². The van der Waals surface area contributed by atoms with Crippen molar-refractivity contribution in [3.05, 3.63) is 23.9 Å². The molecular weight excluding hydrogens is 308 g/mol. The van der Waals surface area contributed by atoms with E-state index >= 15 is 0 Å². The minimum absolute atomic E-state index is 0.0496. The molecule has 2 aliphatic rings. The molecule has 7 nitrogen and oxygen atoms in total. The minimum Gasteiger partial charge on any atom is -0.342 e. The molecule has 2 amide bonds. The normalized spacial score (nSPS) is 24.5. The molecule has 1 aromatic rings. The predicted octanol–water partition coefficient (Wildman–Crippen LogP) is 1.34. The van der Waals surface area contributed by atoms with Gasteiger partial charge in [-0.15, -0.1) is 0 Å². The van der Waals surface area contributed by atoms with Gasteiger partial charge in [0.1, 0.15) is 0 Å². The lowest BCUT2D eigenvalue weighted by Gasteiger charge is -2.42. The van der Waals surface area contributed by atoms with E-state index in [2.05, 4.69) is 16.2 Å². The maximum Gasteiger partial charge on any atom is 0.230 e. The Balaban J connectivity index is 1.65. The van der Waals surface area contributed by atoms with E-state index < -0.39 is 5.41 Å². The highest BCUT2D eigenvalue weighted by Crippen LogP contribution is 2.37. The lowest BCUT2D eigenvalue weighted by molar-refractivity contribution is -0.147. The van der Waals surface area contributed by atoms with Crippen LogP contribution in [0.2, 0.25) is 0 Å². The summed E-state index contributed by atoms with van der Waals surface area (Å²) in [6, 6.07) is 0. The van der Waals surface area contributed by atoms with Crippen LogP contribution in [0.3, 0.4) is 0 Å². The summed E-state index contributed by atoms with van der Waals surface area (Å²) in [5.41, 5.74) is -0.462. The van der Waals surface area contributed by atoms with Gasteiger partial charge in [0.25, 0.3) is 0 Å². The molecule has 3 heterocycles. The van der Waals surface area contributed by atoms with Crippen molar-refractivity contribution in [3.8, 4) is 0 Å². The van der Waals surface area contributed by atoms with E-state index in [1.54, 1.807) is 11.8 Å². The third kappa shape index (κ3) is 3.34. The van der Waals surface area contributed by atoms with Gasteiger partial charge in [-0.1, -0.05) is 17.3 Å². The van der Waals surface area contributed by atoms with Crippen LogP contribution in [-0.2, 0) is 16.0 Å². The molecule has 1 fully saturated rings. The van der Waals surface area contributed by atoms with Crippen molar-refractivity contribution >= 4 is 11.8 Å². The Morgan fingerprint density at radius 2 is 2.25 bits per heavy atom. The van der Waals surface area contributed by atoms with Crippen LogP contribution in [0.5, 0.6) is 0 Å². The Kier molecular flexibility index (Phi) is 4.69. The third-order valence-electron chi connectivity index (χ3n) is 4.91. The van der Waals surface area contributed by atoms with Crippen LogP contribution in [0.15, 0.2) is 16.7 Å². The number of aromatic nitrogens is 2. The monoisotopic (exact) mass is 332 g/mol. The molecule has 130 valence electrons. The van der Waals surface area contributed by atoms with E-state index in [0.717, 1.165) is 12.8 Å². The van der Waals surface area contributed by atoms with Gasteiger partial charge in [0, 0.05) is 39.5 Å². The third-order valence-corrected chi connectivity index (χ3v) is 4.91. The number of nitrogens with zero attached hydrogens (tertiary/aromatic N) is 4. The highest BCUT2D eigenvalue weighted by atomic mass is 16.5. The minimum atomic E-state index is -0.462. The molecular formula is C17H24N4O3. The lowest BCUT2D eigenvalue weighted by atomic mass is 9.76. The molecule has 24 heavy (non-hydrogen) atoms. The maximum absolute atomic E-state index is 12.8. The van der Waals surface area contributed by atoms with Gasteiger partial charge in [-0.2, -0.15) is 4.98 Å². The summed E-state index contributed by atoms with van der Waals surface area (Å²) in [7, 11) is 1.83. The van der Waals surface area contributed by atoms with Crippen LogP contribution < -0.4 is 0 Å². The molecule has 1 spiro atoms. The SMILES string of the molecule is Cc1noc(CCC(=O)N2CCCC3(CC=CCN(C)C3=O)C2)n1. The molecule has 1 atom stereocenters. The van der Waals surface area contributed by atoms with Crippen molar-refractivity contribution in [2.24, 2.45) is 5.41 Å². The van der Waals surface area contributed by atoms with E-state index in [9.17, 15) is 9.59 Å². The number of amides is 2. The number of carbonyl (C=O) groups excluding carboxylic acids is 2. The summed E-state index contributed by atoms with van der Waals surface area (Å²) in [6.45, 7) is 3.61. The zero-order chi connectivity index (χ0) is 17.2. The number of carbonyl (C=O) groups is 2. The molecule has 0 radical (unpaired) electrons. The predicted molar refractivity (Wildman–Crippen MR) is 87.0 cm³/mol. The molecule has 0 bridgehead atoms. The summed E-state index contributed by atoms with van der Waals surface area (Å²) in [5, 5.41) is 3.74. The van der Waals surface area contributed by atoms with Crippen molar-refractivity contribution in [1.82, 2.24) is 19.9 Å². The molecule has 0 aliphatic carbocycles. The second-order valence-electron chi connectivity index (χ2n) is 6.80. The van der Waals surface area contributed by atoms with Crippen LogP contribution in [0.4, 0.5) is 0 Å². The second-order valence-corrected chi connectivity index (χ2v) is 6.80. The zero-order valence-corrected chi connectivity index (χ0v) is 14.3. The number of likely N-dealkylation sites (N-methyl/N-ethyl adjacent to an activating group) is 1. The fourth-order valence-electron chi connectivity index (χ4n) is 3.62. The van der Waals surface area contributed by atoms with E-state index in [0.29, 0.717) is 50.6 Å². The Morgan fingerprint density at radius 1 is 1.42 bits per heavy atom. The Bertz CT molecular complexity index is 654. The van der Waals surface area contributed by atoms with Gasteiger partial charge in [-0.05, 0) is 26.2 Å². The van der Waals surface area contributed by atoms with Crippen LogP contribution in [-0.4, -0.2) is 58.4 Å². The fraction of sp³-hybridized carbons (Fsp3) is 0.647. The summed E-state index contributed by atoms with van der Waals surface area (Å²) in [5.74, 6) is 1.26. The maximum atomic E-state index is 12.8. The van der Waals surface area contributed by atoms with Crippen molar-refractivity contribution in [3.63, 3.8) is 0 Å². The first kappa shape index (κ1) is 16.7. The quantitative estimate of drug-likeness (QED) is 0.780. The molecule has 2 aliphatic heterocycles. The van der Waals surface area contributed by atoms with Crippen LogP contribution in [0.1, 0.15) is 37.4 Å². The number of likely N-dealkylation sites (tertiary alicyclic amines) is 1. The number of aryl methyl sites for hydroxylation is 2. The Morgan fingerprint density at radius 3 is 3.00 bits per heavy atom. The van der Waals surface area contributed by atoms with Gasteiger partial charge in [-0.3, -0.25) is 9.59 Å². The average molecular weight is 332 g/mol. The molecule has 3 rings (SSSR count). The highest BCUT2D eigenvalue weighted by molar-refractivity contribution is 5.85. The largest absolute Gasteiger partial charge is 0.342 e. The Labute approximate surface area is 141 Å². The summed E-state index contributed by atoms with van der Waals surface area (Å²) >= 11 is 0. The van der Waals surface area contributed by atoms with E-state index in [1.165, 1.54) is 0 Å². The first-order valence-corrected chi connectivity index (χ1v) is 8.48. The van der Waals surface area contributed by atoms with E-state index in [4.69, 9.17) is 4.52 Å². The van der Waals surface area contributed by atoms with Crippen LogP contribution in [0.25, 0.3) is 0 Å². The molecule has 0 saturated carbocycles. The van der Waals surface area contributed by atoms with Crippen molar-refractivity contribution in [2.45, 2.75) is 39.0 Å². The standard InChI is InChI=1S/C17H24N4O3/c1-13-18-14(24-19-13)6-7-15(22)21-11-5-9-17(12-21)8-3-4-10-20(2)16(17)23/h3-4H,5-12H2,1-2H3. The number of hydrogen-bond acceptors (Lipinski definition) is 5. The number of piperidine rings is 1. The fourth-order valence-corrected chi connectivity index (χ4v) is 3.62. The molecule has 1 saturated heterocycles. The van der Waals surface area contributed by atoms with Gasteiger partial charge in [0.05, 0.1) is 5.41 Å². The summed E-state index contributed by atoms with van der Waals surface area (Å²) < 4.78 is 5.06. The lowest BCUT2D eigenvalue weighted by Crippen LogP contribution is -2.53. The first-order chi connectivity index (χ1) is 11.5. The van der Waals surface area contributed by atoms with Crippen molar-refractivity contribution in [1.29, 1.82) is 0 Å². The van der Waals surface area contributed by atoms with Crippen molar-refractivity contribution in [2.75, 3.05) is 26.7 Å². The molecule has 1 aromatic heterocycles. The topological polar surface area (TPSA) is 79.5 Å². The van der Waals surface area contributed by atoms with E-state index in [-0.39, 0.29) is 11.8 Å². The first-order valence-electron chi connectivity index (χ1n) is 8.48. The van der Waals surface area contributed by atoms with Gasteiger partial charge in [0.15, 0.2) is 5.82 Å². The molecule has 0 aromatic carbocycles.